The molecule has 0 saturated heterocycles. The summed E-state index contributed by atoms with van der Waals surface area (Å²) in [5.41, 5.74) is 1.05. The lowest BCUT2D eigenvalue weighted by Gasteiger charge is -2.20. The quantitative estimate of drug-likeness (QED) is 0.768. The Bertz CT molecular complexity index is 356. The van der Waals surface area contributed by atoms with Gasteiger partial charge in [0.1, 0.15) is 0 Å². The van der Waals surface area contributed by atoms with Crippen molar-refractivity contribution < 1.29 is 9.84 Å². The van der Waals surface area contributed by atoms with Crippen LogP contribution in [0.25, 0.3) is 0 Å². The van der Waals surface area contributed by atoms with Crippen LogP contribution in [0, 0.1) is 17.2 Å². The Morgan fingerprint density at radius 1 is 1.29 bits per heavy atom. The van der Waals surface area contributed by atoms with E-state index in [9.17, 15) is 5.11 Å². The molecule has 0 heterocycles. The van der Waals surface area contributed by atoms with Gasteiger partial charge < -0.3 is 9.84 Å². The summed E-state index contributed by atoms with van der Waals surface area (Å²) >= 11 is 0. The van der Waals surface area contributed by atoms with Crippen LogP contribution < -0.4 is 0 Å². The third-order valence-electron chi connectivity index (χ3n) is 2.50. The zero-order chi connectivity index (χ0) is 12.7. The molecule has 2 atom stereocenters. The highest BCUT2D eigenvalue weighted by atomic mass is 16.5. The summed E-state index contributed by atoms with van der Waals surface area (Å²) in [6.07, 6.45) is -0.789. The van der Waals surface area contributed by atoms with Crippen LogP contribution in [0.15, 0.2) is 30.3 Å². The van der Waals surface area contributed by atoms with E-state index in [-0.39, 0.29) is 0 Å². The Morgan fingerprint density at radius 2 is 1.94 bits per heavy atom. The molecule has 17 heavy (non-hydrogen) atoms. The highest BCUT2D eigenvalue weighted by Gasteiger charge is 2.20. The third kappa shape index (κ3) is 4.99. The first-order chi connectivity index (χ1) is 8.13. The van der Waals surface area contributed by atoms with Gasteiger partial charge in [0.2, 0.25) is 0 Å². The van der Waals surface area contributed by atoms with E-state index in [4.69, 9.17) is 10.00 Å². The second kappa shape index (κ2) is 7.05. The monoisotopic (exact) mass is 233 g/mol. The number of benzene rings is 1. The summed E-state index contributed by atoms with van der Waals surface area (Å²) in [4.78, 5) is 0. The summed E-state index contributed by atoms with van der Waals surface area (Å²) in [6, 6.07) is 11.6. The van der Waals surface area contributed by atoms with E-state index in [0.717, 1.165) is 5.56 Å². The summed E-state index contributed by atoms with van der Waals surface area (Å²) in [5, 5.41) is 18.3. The predicted molar refractivity (Wildman–Crippen MR) is 66.1 cm³/mol. The molecule has 0 saturated carbocycles. The minimum absolute atomic E-state index is 0.388. The summed E-state index contributed by atoms with van der Waals surface area (Å²) in [7, 11) is 0. The third-order valence-corrected chi connectivity index (χ3v) is 2.50. The van der Waals surface area contributed by atoms with Gasteiger partial charge in [-0.25, -0.2) is 0 Å². The predicted octanol–water partition coefficient (Wildman–Crippen LogP) is 2.50. The van der Waals surface area contributed by atoms with Crippen LogP contribution in [0.3, 0.4) is 0 Å². The first kappa shape index (κ1) is 13.7. The molecule has 0 unspecified atom stereocenters. The SMILES string of the molecule is CC(C)C[C@H](OCc1ccccc1)[C@H](O)C#N. The maximum atomic E-state index is 9.56. The number of aliphatic hydroxyl groups excluding tert-OH is 1. The van der Waals surface area contributed by atoms with Crippen LogP contribution in [0.1, 0.15) is 25.8 Å². The van der Waals surface area contributed by atoms with Gasteiger partial charge in [0.05, 0.1) is 18.8 Å². The van der Waals surface area contributed by atoms with Gasteiger partial charge in [-0.05, 0) is 17.9 Å². The molecule has 0 aliphatic heterocycles. The van der Waals surface area contributed by atoms with E-state index in [2.05, 4.69) is 0 Å². The van der Waals surface area contributed by atoms with Crippen LogP contribution in [0.5, 0.6) is 0 Å². The molecule has 3 heteroatoms. The van der Waals surface area contributed by atoms with E-state index in [0.29, 0.717) is 18.9 Å². The first-order valence-electron chi connectivity index (χ1n) is 5.86. The average Bonchev–Trinajstić information content (AvgIpc) is 2.34. The number of hydrogen-bond donors (Lipinski definition) is 1. The van der Waals surface area contributed by atoms with Crippen molar-refractivity contribution in [1.82, 2.24) is 0 Å². The second-order valence-corrected chi connectivity index (χ2v) is 4.54. The van der Waals surface area contributed by atoms with E-state index in [1.807, 2.05) is 50.2 Å². The number of rotatable bonds is 6. The lowest BCUT2D eigenvalue weighted by molar-refractivity contribution is -0.0342. The van der Waals surface area contributed by atoms with E-state index in [1.165, 1.54) is 0 Å². The van der Waals surface area contributed by atoms with Gasteiger partial charge in [0.15, 0.2) is 6.10 Å². The summed E-state index contributed by atoms with van der Waals surface area (Å²) < 4.78 is 5.62. The second-order valence-electron chi connectivity index (χ2n) is 4.54. The van der Waals surface area contributed by atoms with Crippen LogP contribution in [-0.2, 0) is 11.3 Å². The smallest absolute Gasteiger partial charge is 0.166 e. The molecule has 0 spiro atoms. The van der Waals surface area contributed by atoms with Crippen molar-refractivity contribution in [3.8, 4) is 6.07 Å². The largest absolute Gasteiger partial charge is 0.375 e. The van der Waals surface area contributed by atoms with Gasteiger partial charge in [-0.2, -0.15) is 5.26 Å². The fraction of sp³-hybridized carbons (Fsp3) is 0.500. The van der Waals surface area contributed by atoms with Crippen molar-refractivity contribution >= 4 is 0 Å². The maximum Gasteiger partial charge on any atom is 0.166 e. The van der Waals surface area contributed by atoms with Crippen molar-refractivity contribution in [2.45, 2.75) is 39.1 Å². The summed E-state index contributed by atoms with van der Waals surface area (Å²) in [6.45, 7) is 4.52. The number of nitriles is 1. The van der Waals surface area contributed by atoms with Crippen LogP contribution in [0.4, 0.5) is 0 Å². The Hall–Kier alpha value is -1.37. The summed E-state index contributed by atoms with van der Waals surface area (Å²) in [5.74, 6) is 0.388. The minimum atomic E-state index is -1.05. The van der Waals surface area contributed by atoms with Crippen molar-refractivity contribution in [2.24, 2.45) is 5.92 Å². The van der Waals surface area contributed by atoms with Crippen molar-refractivity contribution in [1.29, 1.82) is 5.26 Å². The zero-order valence-corrected chi connectivity index (χ0v) is 10.3. The van der Waals surface area contributed by atoms with Gasteiger partial charge in [0.25, 0.3) is 0 Å². The Balaban J connectivity index is 2.52. The molecule has 1 aromatic carbocycles. The van der Waals surface area contributed by atoms with Gasteiger partial charge in [0, 0.05) is 0 Å². The van der Waals surface area contributed by atoms with E-state index < -0.39 is 12.2 Å². The normalized spacial score (nSPS) is 14.3. The van der Waals surface area contributed by atoms with Crippen LogP contribution in [0.2, 0.25) is 0 Å². The topological polar surface area (TPSA) is 53.2 Å². The fourth-order valence-corrected chi connectivity index (χ4v) is 1.61. The molecule has 0 fully saturated rings. The number of aliphatic hydroxyl groups is 1. The van der Waals surface area contributed by atoms with Crippen molar-refractivity contribution in [2.75, 3.05) is 0 Å². The average molecular weight is 233 g/mol. The Kier molecular flexibility index (Phi) is 5.68. The number of hydrogen-bond acceptors (Lipinski definition) is 3. The molecule has 0 bridgehead atoms. The molecule has 0 aromatic heterocycles. The highest BCUT2D eigenvalue weighted by Crippen LogP contribution is 2.14. The molecule has 1 rings (SSSR count). The Morgan fingerprint density at radius 3 is 2.47 bits per heavy atom. The minimum Gasteiger partial charge on any atom is -0.375 e. The molecule has 1 N–H and O–H groups in total. The van der Waals surface area contributed by atoms with Gasteiger partial charge in [-0.15, -0.1) is 0 Å². The molecule has 0 aliphatic rings. The highest BCUT2D eigenvalue weighted by molar-refractivity contribution is 5.13. The fourth-order valence-electron chi connectivity index (χ4n) is 1.61. The van der Waals surface area contributed by atoms with E-state index >= 15 is 0 Å². The standard InChI is InChI=1S/C14H19NO2/c1-11(2)8-14(13(16)9-15)17-10-12-6-4-3-5-7-12/h3-7,11,13-14,16H,8,10H2,1-2H3/t13-,14+/m1/s1. The van der Waals surface area contributed by atoms with Crippen LogP contribution in [-0.4, -0.2) is 17.3 Å². The van der Waals surface area contributed by atoms with Crippen molar-refractivity contribution in [3.05, 3.63) is 35.9 Å². The van der Waals surface area contributed by atoms with Gasteiger partial charge >= 0.3 is 0 Å². The Labute approximate surface area is 103 Å². The van der Waals surface area contributed by atoms with Crippen molar-refractivity contribution in [3.63, 3.8) is 0 Å². The molecule has 92 valence electrons. The lowest BCUT2D eigenvalue weighted by Crippen LogP contribution is -2.29. The molecule has 0 amide bonds. The van der Waals surface area contributed by atoms with Gasteiger partial charge in [-0.3, -0.25) is 0 Å². The molecular formula is C14H19NO2. The molecule has 1 aromatic rings. The number of nitrogens with zero attached hydrogens (tertiary/aromatic N) is 1. The first-order valence-corrected chi connectivity index (χ1v) is 5.86. The molecule has 0 aliphatic carbocycles. The molecular weight excluding hydrogens is 214 g/mol. The van der Waals surface area contributed by atoms with E-state index in [1.54, 1.807) is 0 Å². The molecule has 0 radical (unpaired) electrons. The number of ether oxygens (including phenoxy) is 1. The zero-order valence-electron chi connectivity index (χ0n) is 10.3. The molecule has 3 nitrogen and oxygen atoms in total. The maximum absolute atomic E-state index is 9.56. The van der Waals surface area contributed by atoms with Gasteiger partial charge in [-0.1, -0.05) is 44.2 Å². The van der Waals surface area contributed by atoms with Crippen LogP contribution >= 0.6 is 0 Å². The lowest BCUT2D eigenvalue weighted by atomic mass is 10.0.